The Morgan fingerprint density at radius 2 is 2.12 bits per heavy atom. The Bertz CT molecular complexity index is 993. The molecule has 1 aliphatic heterocycles. The highest BCUT2D eigenvalue weighted by Gasteiger charge is 2.18. The number of carbonyl (C=O) groups excluding carboxylic acids is 2. The van der Waals surface area contributed by atoms with Crippen LogP contribution in [0, 0.1) is 0 Å². The second kappa shape index (κ2) is 6.55. The van der Waals surface area contributed by atoms with Crippen molar-refractivity contribution < 1.29 is 14.3 Å². The van der Waals surface area contributed by atoms with E-state index >= 15 is 0 Å². The molecule has 1 atom stereocenters. The van der Waals surface area contributed by atoms with Gasteiger partial charge >= 0.3 is 0 Å². The molecule has 6 nitrogen and oxygen atoms in total. The molecule has 1 unspecified atom stereocenters. The first-order valence-electron chi connectivity index (χ1n) is 8.51. The standard InChI is InChI=1S/C20H19N3O3/c1-12(13-6-7-18-17(8-13)23-20(25)11-26-18)22-19(24)9-14-10-21-16-5-3-2-4-15(14)16/h2-8,10,12,21H,9,11H2,1H3,(H,22,24)(H,23,25). The largest absolute Gasteiger partial charge is 0.482 e. The predicted molar refractivity (Wildman–Crippen MR) is 99.1 cm³/mol. The number of nitrogens with one attached hydrogen (secondary N) is 3. The lowest BCUT2D eigenvalue weighted by Crippen LogP contribution is -2.29. The number of carbonyl (C=O) groups is 2. The zero-order chi connectivity index (χ0) is 18.1. The molecule has 6 heteroatoms. The van der Waals surface area contributed by atoms with Crippen LogP contribution in [0.1, 0.15) is 24.1 Å². The van der Waals surface area contributed by atoms with Crippen LogP contribution in [0.25, 0.3) is 10.9 Å². The fraction of sp³-hybridized carbons (Fsp3) is 0.200. The highest BCUT2D eigenvalue weighted by atomic mass is 16.5. The zero-order valence-corrected chi connectivity index (χ0v) is 14.3. The minimum Gasteiger partial charge on any atom is -0.482 e. The Morgan fingerprint density at radius 3 is 3.00 bits per heavy atom. The van der Waals surface area contributed by atoms with Crippen molar-refractivity contribution in [2.75, 3.05) is 11.9 Å². The molecular formula is C20H19N3O3. The van der Waals surface area contributed by atoms with E-state index < -0.39 is 0 Å². The Hall–Kier alpha value is -3.28. The van der Waals surface area contributed by atoms with E-state index in [4.69, 9.17) is 4.74 Å². The molecule has 3 aromatic rings. The van der Waals surface area contributed by atoms with E-state index in [0.29, 0.717) is 17.9 Å². The summed E-state index contributed by atoms with van der Waals surface area (Å²) >= 11 is 0. The summed E-state index contributed by atoms with van der Waals surface area (Å²) in [6, 6.07) is 13.3. The molecule has 3 N–H and O–H groups in total. The molecule has 0 spiro atoms. The fourth-order valence-electron chi connectivity index (χ4n) is 3.20. The molecule has 1 aromatic heterocycles. The fourth-order valence-corrected chi connectivity index (χ4v) is 3.20. The lowest BCUT2D eigenvalue weighted by atomic mass is 10.1. The summed E-state index contributed by atoms with van der Waals surface area (Å²) in [6.45, 7) is 1.95. The maximum absolute atomic E-state index is 12.5. The highest BCUT2D eigenvalue weighted by Crippen LogP contribution is 2.30. The minimum atomic E-state index is -0.183. The van der Waals surface area contributed by atoms with Crippen molar-refractivity contribution >= 4 is 28.4 Å². The Labute approximate surface area is 150 Å². The molecule has 1 aliphatic rings. The number of H-pyrrole nitrogens is 1. The van der Waals surface area contributed by atoms with Gasteiger partial charge in [0.1, 0.15) is 5.75 Å². The second-order valence-electron chi connectivity index (χ2n) is 6.42. The first-order valence-corrected chi connectivity index (χ1v) is 8.51. The van der Waals surface area contributed by atoms with Gasteiger partial charge in [0.25, 0.3) is 5.91 Å². The molecule has 0 bridgehead atoms. The summed E-state index contributed by atoms with van der Waals surface area (Å²) in [6.07, 6.45) is 2.18. The van der Waals surface area contributed by atoms with Crippen LogP contribution < -0.4 is 15.4 Å². The van der Waals surface area contributed by atoms with Gasteiger partial charge in [0.15, 0.2) is 6.61 Å². The maximum Gasteiger partial charge on any atom is 0.262 e. The lowest BCUT2D eigenvalue weighted by Gasteiger charge is -2.21. The number of fused-ring (bicyclic) bond motifs is 2. The number of hydrogen-bond acceptors (Lipinski definition) is 3. The lowest BCUT2D eigenvalue weighted by molar-refractivity contribution is -0.121. The van der Waals surface area contributed by atoms with Gasteiger partial charge in [-0.15, -0.1) is 0 Å². The number of para-hydroxylation sites is 1. The molecule has 0 saturated carbocycles. The third kappa shape index (κ3) is 3.13. The number of aromatic nitrogens is 1. The Morgan fingerprint density at radius 1 is 1.27 bits per heavy atom. The van der Waals surface area contributed by atoms with Crippen LogP contribution in [-0.4, -0.2) is 23.4 Å². The van der Waals surface area contributed by atoms with Gasteiger partial charge in [0, 0.05) is 17.1 Å². The van der Waals surface area contributed by atoms with Crippen LogP contribution in [0.15, 0.2) is 48.7 Å². The van der Waals surface area contributed by atoms with Gasteiger partial charge in [0.05, 0.1) is 18.2 Å². The van der Waals surface area contributed by atoms with Gasteiger partial charge in [-0.2, -0.15) is 0 Å². The average Bonchev–Trinajstić information content (AvgIpc) is 3.04. The normalized spacial score (nSPS) is 14.3. The maximum atomic E-state index is 12.5. The van der Waals surface area contributed by atoms with Crippen LogP contribution in [0.3, 0.4) is 0 Å². The topological polar surface area (TPSA) is 83.2 Å². The molecule has 132 valence electrons. The summed E-state index contributed by atoms with van der Waals surface area (Å²) in [7, 11) is 0. The third-order valence-electron chi connectivity index (χ3n) is 4.54. The first kappa shape index (κ1) is 16.2. The smallest absolute Gasteiger partial charge is 0.262 e. The van der Waals surface area contributed by atoms with E-state index in [1.807, 2.05) is 55.6 Å². The van der Waals surface area contributed by atoms with Crippen molar-refractivity contribution in [1.29, 1.82) is 0 Å². The highest BCUT2D eigenvalue weighted by molar-refractivity contribution is 5.95. The van der Waals surface area contributed by atoms with Crippen molar-refractivity contribution in [3.05, 3.63) is 59.8 Å². The second-order valence-corrected chi connectivity index (χ2v) is 6.42. The Balaban J connectivity index is 1.46. The first-order chi connectivity index (χ1) is 12.6. The SMILES string of the molecule is CC(NC(=O)Cc1c[nH]c2ccccc12)c1ccc2c(c1)NC(=O)CO2. The number of aromatic amines is 1. The van der Waals surface area contributed by atoms with E-state index in [1.54, 1.807) is 0 Å². The van der Waals surface area contributed by atoms with Gasteiger partial charge in [-0.3, -0.25) is 9.59 Å². The molecule has 2 amide bonds. The number of hydrogen-bond donors (Lipinski definition) is 3. The summed E-state index contributed by atoms with van der Waals surface area (Å²) in [5.41, 5.74) is 3.53. The van der Waals surface area contributed by atoms with Crippen molar-refractivity contribution in [2.45, 2.75) is 19.4 Å². The van der Waals surface area contributed by atoms with Gasteiger partial charge in [-0.1, -0.05) is 24.3 Å². The molecule has 2 aromatic carbocycles. The molecule has 0 saturated heterocycles. The summed E-state index contributed by atoms with van der Waals surface area (Å²) < 4.78 is 5.36. The Kier molecular flexibility index (Phi) is 4.08. The van der Waals surface area contributed by atoms with Gasteiger partial charge in [-0.25, -0.2) is 0 Å². The van der Waals surface area contributed by atoms with Crippen molar-refractivity contribution in [2.24, 2.45) is 0 Å². The number of benzene rings is 2. The van der Waals surface area contributed by atoms with Crippen LogP contribution >= 0.6 is 0 Å². The van der Waals surface area contributed by atoms with Gasteiger partial charge in [-0.05, 0) is 36.2 Å². The van der Waals surface area contributed by atoms with Gasteiger partial charge in [0.2, 0.25) is 5.91 Å². The van der Waals surface area contributed by atoms with E-state index in [9.17, 15) is 9.59 Å². The van der Waals surface area contributed by atoms with Crippen molar-refractivity contribution in [1.82, 2.24) is 10.3 Å². The molecule has 0 aliphatic carbocycles. The van der Waals surface area contributed by atoms with E-state index in [1.165, 1.54) is 0 Å². The summed E-state index contributed by atoms with van der Waals surface area (Å²) in [5.74, 6) is 0.414. The molecular weight excluding hydrogens is 330 g/mol. The molecule has 0 radical (unpaired) electrons. The van der Waals surface area contributed by atoms with E-state index in [-0.39, 0.29) is 24.5 Å². The van der Waals surface area contributed by atoms with Crippen LogP contribution in [-0.2, 0) is 16.0 Å². The quantitative estimate of drug-likeness (QED) is 0.677. The van der Waals surface area contributed by atoms with Crippen molar-refractivity contribution in [3.8, 4) is 5.75 Å². The van der Waals surface area contributed by atoms with Crippen LogP contribution in [0.4, 0.5) is 5.69 Å². The van der Waals surface area contributed by atoms with Crippen LogP contribution in [0.5, 0.6) is 5.75 Å². The van der Waals surface area contributed by atoms with Gasteiger partial charge < -0.3 is 20.4 Å². The molecule has 0 fully saturated rings. The number of rotatable bonds is 4. The number of amides is 2. The van der Waals surface area contributed by atoms with Crippen LogP contribution in [0.2, 0.25) is 0 Å². The monoisotopic (exact) mass is 349 g/mol. The third-order valence-corrected chi connectivity index (χ3v) is 4.54. The minimum absolute atomic E-state index is 0.0310. The number of anilines is 1. The predicted octanol–water partition coefficient (Wildman–Crippen LogP) is 2.92. The molecule has 4 rings (SSSR count). The summed E-state index contributed by atoms with van der Waals surface area (Å²) in [5, 5.41) is 6.85. The number of ether oxygens (including phenoxy) is 1. The van der Waals surface area contributed by atoms with E-state index in [2.05, 4.69) is 15.6 Å². The molecule has 2 heterocycles. The van der Waals surface area contributed by atoms with Crippen molar-refractivity contribution in [3.63, 3.8) is 0 Å². The molecule has 26 heavy (non-hydrogen) atoms. The zero-order valence-electron chi connectivity index (χ0n) is 14.3. The average molecular weight is 349 g/mol. The van der Waals surface area contributed by atoms with E-state index in [0.717, 1.165) is 22.0 Å². The summed E-state index contributed by atoms with van der Waals surface area (Å²) in [4.78, 5) is 27.1.